The van der Waals surface area contributed by atoms with Gasteiger partial charge in [-0.1, -0.05) is 23.7 Å². The fourth-order valence-corrected chi connectivity index (χ4v) is 2.16. The van der Waals surface area contributed by atoms with Gasteiger partial charge in [0, 0.05) is 10.7 Å². The molecule has 0 bridgehead atoms. The van der Waals surface area contributed by atoms with Crippen molar-refractivity contribution < 1.29 is 19.1 Å². The smallest absolute Gasteiger partial charge is 0.338 e. The average Bonchev–Trinajstić information content (AvgIpc) is 2.55. The van der Waals surface area contributed by atoms with E-state index in [1.54, 1.807) is 62.4 Å². The number of carbonyl (C=O) groups excluding carboxylic acids is 2. The van der Waals surface area contributed by atoms with Crippen molar-refractivity contribution in [3.63, 3.8) is 0 Å². The maximum absolute atomic E-state index is 12.2. The summed E-state index contributed by atoms with van der Waals surface area (Å²) in [5.74, 6) is -0.266. The summed E-state index contributed by atoms with van der Waals surface area (Å²) >= 11 is 5.89. The number of esters is 1. The molecule has 6 heteroatoms. The van der Waals surface area contributed by atoms with E-state index in [1.807, 2.05) is 0 Å². The van der Waals surface area contributed by atoms with Gasteiger partial charge in [-0.3, -0.25) is 4.79 Å². The Hall–Kier alpha value is -2.53. The molecule has 0 aromatic heterocycles. The lowest BCUT2D eigenvalue weighted by Gasteiger charge is -2.15. The molecule has 0 aliphatic carbocycles. The minimum atomic E-state index is -0.727. The molecular formula is C18H18ClNO4. The van der Waals surface area contributed by atoms with Crippen molar-refractivity contribution in [3.05, 3.63) is 59.1 Å². The van der Waals surface area contributed by atoms with Crippen LogP contribution in [-0.2, 0) is 9.53 Å². The Labute approximate surface area is 145 Å². The lowest BCUT2D eigenvalue weighted by Crippen LogP contribution is -2.30. The van der Waals surface area contributed by atoms with Gasteiger partial charge in [-0.25, -0.2) is 4.79 Å². The first kappa shape index (κ1) is 17.8. The fraction of sp³-hybridized carbons (Fsp3) is 0.222. The molecule has 24 heavy (non-hydrogen) atoms. The molecule has 126 valence electrons. The Kier molecular flexibility index (Phi) is 6.21. The summed E-state index contributed by atoms with van der Waals surface area (Å²) in [6, 6.07) is 13.4. The van der Waals surface area contributed by atoms with Gasteiger partial charge >= 0.3 is 5.97 Å². The topological polar surface area (TPSA) is 64.6 Å². The minimum Gasteiger partial charge on any atom is -0.481 e. The minimum absolute atomic E-state index is 0.292. The molecule has 0 spiro atoms. The third kappa shape index (κ3) is 4.99. The Morgan fingerprint density at radius 1 is 1.17 bits per heavy atom. The summed E-state index contributed by atoms with van der Waals surface area (Å²) in [6.45, 7) is 3.66. The monoisotopic (exact) mass is 347 g/mol. The van der Waals surface area contributed by atoms with Crippen LogP contribution in [0.3, 0.4) is 0 Å². The highest BCUT2D eigenvalue weighted by atomic mass is 35.5. The van der Waals surface area contributed by atoms with E-state index in [0.29, 0.717) is 28.6 Å². The standard InChI is InChI=1S/C18H18ClNO4/c1-3-23-18(22)13-6-4-8-15(10-13)20-17(21)12(2)24-16-9-5-7-14(19)11-16/h4-12H,3H2,1-2H3,(H,20,21). The Balaban J connectivity index is 2.01. The van der Waals surface area contributed by atoms with Crippen LogP contribution in [-0.4, -0.2) is 24.6 Å². The molecule has 0 heterocycles. The van der Waals surface area contributed by atoms with Crippen LogP contribution < -0.4 is 10.1 Å². The first-order valence-electron chi connectivity index (χ1n) is 7.50. The molecule has 0 aliphatic heterocycles. The zero-order valence-corrected chi connectivity index (χ0v) is 14.2. The number of halogens is 1. The normalized spacial score (nSPS) is 11.5. The second-order valence-electron chi connectivity index (χ2n) is 5.01. The first-order valence-corrected chi connectivity index (χ1v) is 7.87. The highest BCUT2D eigenvalue weighted by Crippen LogP contribution is 2.19. The molecular weight excluding hydrogens is 330 g/mol. The fourth-order valence-electron chi connectivity index (χ4n) is 1.98. The van der Waals surface area contributed by atoms with E-state index in [-0.39, 0.29) is 5.91 Å². The molecule has 1 atom stereocenters. The highest BCUT2D eigenvalue weighted by Gasteiger charge is 2.16. The second-order valence-corrected chi connectivity index (χ2v) is 5.44. The highest BCUT2D eigenvalue weighted by molar-refractivity contribution is 6.30. The number of nitrogens with one attached hydrogen (secondary N) is 1. The Morgan fingerprint density at radius 3 is 2.62 bits per heavy atom. The van der Waals surface area contributed by atoms with Crippen molar-refractivity contribution in [3.8, 4) is 5.75 Å². The Bertz CT molecular complexity index is 732. The number of ether oxygens (including phenoxy) is 2. The molecule has 0 saturated heterocycles. The number of rotatable bonds is 6. The summed E-state index contributed by atoms with van der Waals surface area (Å²) in [5.41, 5.74) is 0.866. The number of hydrogen-bond donors (Lipinski definition) is 1. The summed E-state index contributed by atoms with van der Waals surface area (Å²) < 4.78 is 10.5. The van der Waals surface area contributed by atoms with Crippen molar-refractivity contribution in [2.75, 3.05) is 11.9 Å². The van der Waals surface area contributed by atoms with E-state index in [4.69, 9.17) is 21.1 Å². The molecule has 0 aliphatic rings. The van der Waals surface area contributed by atoms with Gasteiger partial charge in [-0.05, 0) is 50.2 Å². The third-order valence-electron chi connectivity index (χ3n) is 3.12. The lowest BCUT2D eigenvalue weighted by molar-refractivity contribution is -0.122. The molecule has 5 nitrogen and oxygen atoms in total. The number of anilines is 1. The van der Waals surface area contributed by atoms with E-state index in [9.17, 15) is 9.59 Å². The van der Waals surface area contributed by atoms with E-state index < -0.39 is 12.1 Å². The number of carbonyl (C=O) groups is 2. The number of amides is 1. The van der Waals surface area contributed by atoms with Gasteiger partial charge < -0.3 is 14.8 Å². The largest absolute Gasteiger partial charge is 0.481 e. The van der Waals surface area contributed by atoms with Gasteiger partial charge in [0.1, 0.15) is 5.75 Å². The quantitative estimate of drug-likeness (QED) is 0.804. The van der Waals surface area contributed by atoms with Crippen molar-refractivity contribution >= 4 is 29.2 Å². The molecule has 1 N–H and O–H groups in total. The van der Waals surface area contributed by atoms with Crippen LogP contribution in [0.2, 0.25) is 5.02 Å². The molecule has 1 amide bonds. The molecule has 2 aromatic carbocycles. The summed E-state index contributed by atoms with van der Waals surface area (Å²) in [4.78, 5) is 23.9. The van der Waals surface area contributed by atoms with Crippen LogP contribution in [0.25, 0.3) is 0 Å². The van der Waals surface area contributed by atoms with Gasteiger partial charge in [0.25, 0.3) is 5.91 Å². The van der Waals surface area contributed by atoms with Gasteiger partial charge in [0.05, 0.1) is 12.2 Å². The van der Waals surface area contributed by atoms with Crippen LogP contribution in [0.15, 0.2) is 48.5 Å². The van der Waals surface area contributed by atoms with E-state index >= 15 is 0 Å². The van der Waals surface area contributed by atoms with Gasteiger partial charge in [0.2, 0.25) is 0 Å². The van der Waals surface area contributed by atoms with Gasteiger partial charge in [0.15, 0.2) is 6.10 Å². The zero-order valence-electron chi connectivity index (χ0n) is 13.4. The van der Waals surface area contributed by atoms with Crippen LogP contribution in [0.4, 0.5) is 5.69 Å². The SMILES string of the molecule is CCOC(=O)c1cccc(NC(=O)C(C)Oc2cccc(Cl)c2)c1. The second kappa shape index (κ2) is 8.36. The zero-order chi connectivity index (χ0) is 17.5. The van der Waals surface area contributed by atoms with Gasteiger partial charge in [-0.2, -0.15) is 0 Å². The summed E-state index contributed by atoms with van der Waals surface area (Å²) in [5, 5.41) is 3.24. The summed E-state index contributed by atoms with van der Waals surface area (Å²) in [6.07, 6.45) is -0.727. The van der Waals surface area contributed by atoms with Crippen molar-refractivity contribution in [2.24, 2.45) is 0 Å². The molecule has 2 aromatic rings. The molecule has 2 rings (SSSR count). The number of hydrogen-bond acceptors (Lipinski definition) is 4. The third-order valence-corrected chi connectivity index (χ3v) is 3.35. The predicted octanol–water partition coefficient (Wildman–Crippen LogP) is 3.92. The van der Waals surface area contributed by atoms with E-state index in [2.05, 4.69) is 5.32 Å². The van der Waals surface area contributed by atoms with Crippen molar-refractivity contribution in [1.29, 1.82) is 0 Å². The van der Waals surface area contributed by atoms with Crippen molar-refractivity contribution in [1.82, 2.24) is 0 Å². The van der Waals surface area contributed by atoms with Crippen molar-refractivity contribution in [2.45, 2.75) is 20.0 Å². The van der Waals surface area contributed by atoms with Crippen LogP contribution in [0, 0.1) is 0 Å². The van der Waals surface area contributed by atoms with E-state index in [0.717, 1.165) is 0 Å². The molecule has 0 saturated carbocycles. The predicted molar refractivity (Wildman–Crippen MR) is 92.6 cm³/mol. The number of benzene rings is 2. The Morgan fingerprint density at radius 2 is 1.92 bits per heavy atom. The molecule has 0 fully saturated rings. The molecule has 0 radical (unpaired) electrons. The maximum Gasteiger partial charge on any atom is 0.338 e. The molecule has 1 unspecified atom stereocenters. The van der Waals surface area contributed by atoms with Crippen LogP contribution in [0.5, 0.6) is 5.75 Å². The average molecular weight is 348 g/mol. The summed E-state index contributed by atoms with van der Waals surface area (Å²) in [7, 11) is 0. The lowest BCUT2D eigenvalue weighted by atomic mass is 10.2. The first-order chi connectivity index (χ1) is 11.5. The van der Waals surface area contributed by atoms with Crippen LogP contribution >= 0.6 is 11.6 Å². The van der Waals surface area contributed by atoms with E-state index in [1.165, 1.54) is 0 Å². The van der Waals surface area contributed by atoms with Crippen LogP contribution in [0.1, 0.15) is 24.2 Å². The maximum atomic E-state index is 12.2. The van der Waals surface area contributed by atoms with Gasteiger partial charge in [-0.15, -0.1) is 0 Å².